The molecule has 0 unspecified atom stereocenters. The summed E-state index contributed by atoms with van der Waals surface area (Å²) < 4.78 is 23.0. The van der Waals surface area contributed by atoms with Crippen LogP contribution in [0.3, 0.4) is 0 Å². The van der Waals surface area contributed by atoms with E-state index in [1.54, 1.807) is 30.3 Å². The number of hydrogen-bond donors (Lipinski definition) is 2. The van der Waals surface area contributed by atoms with Gasteiger partial charge in [0.2, 0.25) is 5.91 Å². The summed E-state index contributed by atoms with van der Waals surface area (Å²) in [5.41, 5.74) is 2.12. The third-order valence-electron chi connectivity index (χ3n) is 3.18. The number of rotatable bonds is 5. The van der Waals surface area contributed by atoms with Gasteiger partial charge in [0.1, 0.15) is 0 Å². The van der Waals surface area contributed by atoms with Crippen molar-refractivity contribution in [3.63, 3.8) is 0 Å². The van der Waals surface area contributed by atoms with Crippen molar-refractivity contribution in [3.05, 3.63) is 53.1 Å². The Hall–Kier alpha value is -2.05. The predicted molar refractivity (Wildman–Crippen MR) is 92.9 cm³/mol. The van der Waals surface area contributed by atoms with Gasteiger partial charge < -0.3 is 10.6 Å². The molecule has 23 heavy (non-hydrogen) atoms. The highest BCUT2D eigenvalue weighted by atomic mass is 35.5. The van der Waals surface area contributed by atoms with Crippen LogP contribution in [0.1, 0.15) is 5.56 Å². The molecule has 0 aromatic heterocycles. The molecule has 0 saturated heterocycles. The van der Waals surface area contributed by atoms with Gasteiger partial charge >= 0.3 is 0 Å². The molecule has 2 aromatic rings. The highest BCUT2D eigenvalue weighted by Gasteiger charge is 2.09. The van der Waals surface area contributed by atoms with Crippen molar-refractivity contribution in [3.8, 4) is 0 Å². The summed E-state index contributed by atoms with van der Waals surface area (Å²) in [5, 5.41) is 6.29. The number of nitrogens with one attached hydrogen (secondary N) is 2. The number of amides is 1. The lowest BCUT2D eigenvalue weighted by atomic mass is 10.2. The summed E-state index contributed by atoms with van der Waals surface area (Å²) in [6.45, 7) is 1.87. The van der Waals surface area contributed by atoms with Gasteiger partial charge in [-0.3, -0.25) is 4.79 Å². The largest absolute Gasteiger partial charge is 0.376 e. The normalized spacial score (nSPS) is 11.1. The first-order valence-corrected chi connectivity index (χ1v) is 9.12. The van der Waals surface area contributed by atoms with E-state index in [-0.39, 0.29) is 17.3 Å². The standard InChI is InChI=1S/C16H17ClN2O3S/c1-11-8-12(17)6-7-15(11)19-16(20)10-18-13-4-3-5-14(9-13)23(2,21)22/h3-9,18H,10H2,1-2H3,(H,19,20). The zero-order chi connectivity index (χ0) is 17.0. The van der Waals surface area contributed by atoms with Gasteiger partial charge in [0.25, 0.3) is 0 Å². The topological polar surface area (TPSA) is 75.3 Å². The van der Waals surface area contributed by atoms with E-state index in [0.717, 1.165) is 11.8 Å². The molecule has 0 heterocycles. The highest BCUT2D eigenvalue weighted by Crippen LogP contribution is 2.19. The van der Waals surface area contributed by atoms with E-state index < -0.39 is 9.84 Å². The Bertz CT molecular complexity index is 835. The van der Waals surface area contributed by atoms with E-state index in [1.165, 1.54) is 12.1 Å². The van der Waals surface area contributed by atoms with E-state index in [0.29, 0.717) is 16.4 Å². The summed E-state index contributed by atoms with van der Waals surface area (Å²) in [7, 11) is -3.28. The minimum atomic E-state index is -3.28. The number of hydrogen-bond acceptors (Lipinski definition) is 4. The van der Waals surface area contributed by atoms with E-state index in [4.69, 9.17) is 11.6 Å². The Morgan fingerprint density at radius 2 is 1.91 bits per heavy atom. The van der Waals surface area contributed by atoms with Gasteiger partial charge in [-0.05, 0) is 48.9 Å². The van der Waals surface area contributed by atoms with Crippen LogP contribution in [0.25, 0.3) is 0 Å². The van der Waals surface area contributed by atoms with Crippen LogP contribution in [-0.4, -0.2) is 27.1 Å². The molecule has 0 radical (unpaired) electrons. The Morgan fingerprint density at radius 3 is 2.57 bits per heavy atom. The van der Waals surface area contributed by atoms with Crippen molar-refractivity contribution < 1.29 is 13.2 Å². The van der Waals surface area contributed by atoms with Crippen molar-refractivity contribution >= 4 is 38.7 Å². The highest BCUT2D eigenvalue weighted by molar-refractivity contribution is 7.90. The molecular formula is C16H17ClN2O3S. The van der Waals surface area contributed by atoms with E-state index in [9.17, 15) is 13.2 Å². The van der Waals surface area contributed by atoms with Crippen LogP contribution in [0.2, 0.25) is 5.02 Å². The van der Waals surface area contributed by atoms with Crippen molar-refractivity contribution in [1.82, 2.24) is 0 Å². The maximum Gasteiger partial charge on any atom is 0.243 e. The average molecular weight is 353 g/mol. The molecule has 5 nitrogen and oxygen atoms in total. The van der Waals surface area contributed by atoms with Gasteiger partial charge in [0, 0.05) is 22.7 Å². The van der Waals surface area contributed by atoms with Crippen LogP contribution < -0.4 is 10.6 Å². The fraction of sp³-hybridized carbons (Fsp3) is 0.188. The number of carbonyl (C=O) groups is 1. The van der Waals surface area contributed by atoms with Gasteiger partial charge in [0.15, 0.2) is 9.84 Å². The second kappa shape index (κ2) is 7.02. The summed E-state index contributed by atoms with van der Waals surface area (Å²) in [4.78, 5) is 12.2. The molecule has 2 N–H and O–H groups in total. The van der Waals surface area contributed by atoms with Gasteiger partial charge in [-0.2, -0.15) is 0 Å². The minimum absolute atomic E-state index is 0.0231. The molecule has 0 atom stereocenters. The molecule has 0 aliphatic heterocycles. The van der Waals surface area contributed by atoms with Crippen LogP contribution in [0, 0.1) is 6.92 Å². The molecule has 1 amide bonds. The Labute approximate surface area is 140 Å². The Kier molecular flexibility index (Phi) is 5.28. The van der Waals surface area contributed by atoms with Crippen molar-refractivity contribution in [2.24, 2.45) is 0 Å². The van der Waals surface area contributed by atoms with Crippen molar-refractivity contribution in [2.75, 3.05) is 23.4 Å². The maximum absolute atomic E-state index is 12.0. The molecule has 0 fully saturated rings. The third kappa shape index (κ3) is 4.97. The zero-order valence-electron chi connectivity index (χ0n) is 12.8. The summed E-state index contributed by atoms with van der Waals surface area (Å²) in [6, 6.07) is 11.5. The first-order chi connectivity index (χ1) is 10.8. The number of aryl methyl sites for hydroxylation is 1. The first-order valence-electron chi connectivity index (χ1n) is 6.86. The monoisotopic (exact) mass is 352 g/mol. The lowest BCUT2D eigenvalue weighted by molar-refractivity contribution is -0.114. The molecule has 122 valence electrons. The maximum atomic E-state index is 12.0. The number of carbonyl (C=O) groups excluding carboxylic acids is 1. The predicted octanol–water partition coefficient (Wildman–Crippen LogP) is 3.10. The second-order valence-corrected chi connectivity index (χ2v) is 7.61. The lowest BCUT2D eigenvalue weighted by Gasteiger charge is -2.10. The molecule has 0 bridgehead atoms. The molecule has 2 rings (SSSR count). The van der Waals surface area contributed by atoms with Gasteiger partial charge in [-0.25, -0.2) is 8.42 Å². The van der Waals surface area contributed by atoms with Crippen LogP contribution in [0.5, 0.6) is 0 Å². The average Bonchev–Trinajstić information content (AvgIpc) is 2.47. The van der Waals surface area contributed by atoms with Gasteiger partial charge in [-0.1, -0.05) is 17.7 Å². The summed E-state index contributed by atoms with van der Waals surface area (Å²) >= 11 is 5.87. The number of sulfone groups is 1. The fourth-order valence-corrected chi connectivity index (χ4v) is 2.87. The minimum Gasteiger partial charge on any atom is -0.376 e. The number of benzene rings is 2. The number of anilines is 2. The molecule has 0 aliphatic carbocycles. The van der Waals surface area contributed by atoms with Gasteiger partial charge in [0.05, 0.1) is 11.4 Å². The Balaban J connectivity index is 1.99. The molecule has 0 aliphatic rings. The smallest absolute Gasteiger partial charge is 0.243 e. The molecule has 7 heteroatoms. The van der Waals surface area contributed by atoms with Crippen LogP contribution >= 0.6 is 11.6 Å². The molecule has 0 spiro atoms. The van der Waals surface area contributed by atoms with Crippen molar-refractivity contribution in [1.29, 1.82) is 0 Å². The quantitative estimate of drug-likeness (QED) is 0.867. The Morgan fingerprint density at radius 1 is 1.17 bits per heavy atom. The van der Waals surface area contributed by atoms with E-state index in [1.807, 2.05) is 6.92 Å². The van der Waals surface area contributed by atoms with E-state index >= 15 is 0 Å². The SMILES string of the molecule is Cc1cc(Cl)ccc1NC(=O)CNc1cccc(S(C)(=O)=O)c1. The van der Waals surface area contributed by atoms with Crippen LogP contribution in [0.15, 0.2) is 47.4 Å². The third-order valence-corrected chi connectivity index (χ3v) is 4.52. The zero-order valence-corrected chi connectivity index (χ0v) is 14.3. The second-order valence-electron chi connectivity index (χ2n) is 5.16. The van der Waals surface area contributed by atoms with Crippen LogP contribution in [0.4, 0.5) is 11.4 Å². The molecular weight excluding hydrogens is 336 g/mol. The molecule has 0 saturated carbocycles. The summed E-state index contributed by atoms with van der Waals surface area (Å²) in [5.74, 6) is -0.236. The number of halogens is 1. The first kappa shape index (κ1) is 17.3. The summed E-state index contributed by atoms with van der Waals surface area (Å²) in [6.07, 6.45) is 1.14. The van der Waals surface area contributed by atoms with Gasteiger partial charge in [-0.15, -0.1) is 0 Å². The van der Waals surface area contributed by atoms with Crippen LogP contribution in [-0.2, 0) is 14.6 Å². The van der Waals surface area contributed by atoms with Crippen molar-refractivity contribution in [2.45, 2.75) is 11.8 Å². The van der Waals surface area contributed by atoms with E-state index in [2.05, 4.69) is 10.6 Å². The lowest BCUT2D eigenvalue weighted by Crippen LogP contribution is -2.22. The fourth-order valence-electron chi connectivity index (χ4n) is 1.98. The molecule has 2 aromatic carbocycles.